The maximum atomic E-state index is 12.2. The molecule has 20 heavy (non-hydrogen) atoms. The minimum absolute atomic E-state index is 0.102. The predicted octanol–water partition coefficient (Wildman–Crippen LogP) is 0.291. The topological polar surface area (TPSA) is 102 Å². The van der Waals surface area contributed by atoms with Crippen LogP contribution in [-0.4, -0.2) is 35.2 Å². The summed E-state index contributed by atoms with van der Waals surface area (Å²) in [5.74, 6) is 1.14. The lowest BCUT2D eigenvalue weighted by Crippen LogP contribution is -2.28. The molecule has 1 unspecified atom stereocenters. The smallest absolute Gasteiger partial charge is 0.242 e. The number of aromatic nitrogens is 4. The van der Waals surface area contributed by atoms with E-state index in [-0.39, 0.29) is 4.90 Å². The van der Waals surface area contributed by atoms with Gasteiger partial charge in [-0.15, -0.1) is 10.2 Å². The first kappa shape index (κ1) is 14.4. The van der Waals surface area contributed by atoms with Crippen molar-refractivity contribution in [2.45, 2.75) is 17.9 Å². The largest absolute Gasteiger partial charge is 0.373 e. The zero-order chi connectivity index (χ0) is 14.8. The van der Waals surface area contributed by atoms with Crippen LogP contribution in [0, 0.1) is 0 Å². The molecule has 0 spiro atoms. The molecular formula is C11H16N6O2S. The standard InChI is InChI=1S/C11H16N6O2S/c1-8(11-15-14-7-17(11)3)16-20(18,19)9-4-5-10(12-2)13-6-9/h4-8,16H,1-3H3,(H,12,13). The van der Waals surface area contributed by atoms with E-state index in [4.69, 9.17) is 0 Å². The minimum atomic E-state index is -3.65. The highest BCUT2D eigenvalue weighted by molar-refractivity contribution is 7.89. The van der Waals surface area contributed by atoms with Gasteiger partial charge in [-0.3, -0.25) is 0 Å². The summed E-state index contributed by atoms with van der Waals surface area (Å²) >= 11 is 0. The van der Waals surface area contributed by atoms with Crippen LogP contribution in [0.25, 0.3) is 0 Å². The number of hydrogen-bond acceptors (Lipinski definition) is 6. The molecule has 0 saturated heterocycles. The van der Waals surface area contributed by atoms with E-state index in [0.717, 1.165) is 0 Å². The van der Waals surface area contributed by atoms with Crippen molar-refractivity contribution < 1.29 is 8.42 Å². The first-order valence-corrected chi connectivity index (χ1v) is 7.42. The quantitative estimate of drug-likeness (QED) is 0.822. The highest BCUT2D eigenvalue weighted by atomic mass is 32.2. The van der Waals surface area contributed by atoms with Gasteiger partial charge in [-0.05, 0) is 19.1 Å². The predicted molar refractivity (Wildman–Crippen MR) is 73.5 cm³/mol. The molecule has 1 atom stereocenters. The zero-order valence-electron chi connectivity index (χ0n) is 11.4. The van der Waals surface area contributed by atoms with Gasteiger partial charge in [0.15, 0.2) is 0 Å². The number of pyridine rings is 1. The summed E-state index contributed by atoms with van der Waals surface area (Å²) in [5, 5.41) is 10.4. The molecule has 108 valence electrons. The normalized spacial score (nSPS) is 13.2. The SMILES string of the molecule is CNc1ccc(S(=O)(=O)NC(C)c2nncn2C)cn1. The molecule has 2 rings (SSSR count). The third-order valence-corrected chi connectivity index (χ3v) is 4.29. The van der Waals surface area contributed by atoms with Crippen LogP contribution < -0.4 is 10.0 Å². The van der Waals surface area contributed by atoms with Crippen molar-refractivity contribution in [1.29, 1.82) is 0 Å². The number of sulfonamides is 1. The van der Waals surface area contributed by atoms with Gasteiger partial charge in [-0.25, -0.2) is 18.1 Å². The summed E-state index contributed by atoms with van der Waals surface area (Å²) in [5.41, 5.74) is 0. The fourth-order valence-corrected chi connectivity index (χ4v) is 2.87. The van der Waals surface area contributed by atoms with Crippen molar-refractivity contribution in [2.24, 2.45) is 7.05 Å². The number of anilines is 1. The van der Waals surface area contributed by atoms with E-state index >= 15 is 0 Å². The van der Waals surface area contributed by atoms with E-state index in [1.807, 2.05) is 0 Å². The second kappa shape index (κ2) is 5.55. The minimum Gasteiger partial charge on any atom is -0.373 e. The molecule has 0 aliphatic carbocycles. The van der Waals surface area contributed by atoms with Crippen LogP contribution in [0.1, 0.15) is 18.8 Å². The monoisotopic (exact) mass is 296 g/mol. The van der Waals surface area contributed by atoms with Crippen LogP contribution in [0.4, 0.5) is 5.82 Å². The van der Waals surface area contributed by atoms with Crippen molar-refractivity contribution in [3.8, 4) is 0 Å². The van der Waals surface area contributed by atoms with Crippen LogP contribution in [0.2, 0.25) is 0 Å². The Kier molecular flexibility index (Phi) is 4.00. The lowest BCUT2D eigenvalue weighted by Gasteiger charge is -2.13. The molecule has 8 nitrogen and oxygen atoms in total. The van der Waals surface area contributed by atoms with Gasteiger partial charge in [-0.1, -0.05) is 0 Å². The average Bonchev–Trinajstić information content (AvgIpc) is 2.84. The van der Waals surface area contributed by atoms with E-state index in [2.05, 4.69) is 25.2 Å². The van der Waals surface area contributed by atoms with Crippen molar-refractivity contribution >= 4 is 15.8 Å². The van der Waals surface area contributed by atoms with Crippen LogP contribution >= 0.6 is 0 Å². The molecule has 2 aromatic heterocycles. The molecule has 0 bridgehead atoms. The first-order valence-electron chi connectivity index (χ1n) is 5.94. The Morgan fingerprint density at radius 2 is 2.10 bits per heavy atom. The fourth-order valence-electron chi connectivity index (χ4n) is 1.72. The summed E-state index contributed by atoms with van der Waals surface area (Å²) < 4.78 is 28.6. The van der Waals surface area contributed by atoms with E-state index in [1.165, 1.54) is 18.6 Å². The highest BCUT2D eigenvalue weighted by Crippen LogP contribution is 2.15. The van der Waals surface area contributed by atoms with Gasteiger partial charge in [0.1, 0.15) is 22.9 Å². The summed E-state index contributed by atoms with van der Waals surface area (Å²) in [7, 11) is -0.182. The maximum Gasteiger partial charge on any atom is 0.242 e. The van der Waals surface area contributed by atoms with Crippen LogP contribution in [0.5, 0.6) is 0 Å². The third kappa shape index (κ3) is 2.94. The van der Waals surface area contributed by atoms with Crippen molar-refractivity contribution in [3.63, 3.8) is 0 Å². The molecule has 2 N–H and O–H groups in total. The van der Waals surface area contributed by atoms with Gasteiger partial charge in [0, 0.05) is 20.3 Å². The van der Waals surface area contributed by atoms with Crippen LogP contribution in [-0.2, 0) is 17.1 Å². The Morgan fingerprint density at radius 3 is 2.60 bits per heavy atom. The number of nitrogens with one attached hydrogen (secondary N) is 2. The molecule has 0 aliphatic rings. The summed E-state index contributed by atoms with van der Waals surface area (Å²) in [6, 6.07) is 2.60. The Balaban J connectivity index is 2.20. The summed E-state index contributed by atoms with van der Waals surface area (Å²) in [4.78, 5) is 4.09. The molecule has 2 aromatic rings. The molecular weight excluding hydrogens is 280 g/mol. The molecule has 9 heteroatoms. The molecule has 0 aliphatic heterocycles. The van der Waals surface area contributed by atoms with Gasteiger partial charge >= 0.3 is 0 Å². The molecule has 0 amide bonds. The molecule has 0 fully saturated rings. The van der Waals surface area contributed by atoms with E-state index in [1.54, 1.807) is 31.7 Å². The Bertz CT molecular complexity index is 679. The second-order valence-electron chi connectivity index (χ2n) is 4.27. The Morgan fingerprint density at radius 1 is 1.35 bits per heavy atom. The van der Waals surface area contributed by atoms with Gasteiger partial charge in [-0.2, -0.15) is 0 Å². The van der Waals surface area contributed by atoms with E-state index in [9.17, 15) is 8.42 Å². The number of nitrogens with zero attached hydrogens (tertiary/aromatic N) is 4. The van der Waals surface area contributed by atoms with Crippen molar-refractivity contribution in [2.75, 3.05) is 12.4 Å². The Labute approximate surface area is 117 Å². The lowest BCUT2D eigenvalue weighted by molar-refractivity contribution is 0.553. The second-order valence-corrected chi connectivity index (χ2v) is 5.99. The molecule has 0 radical (unpaired) electrons. The van der Waals surface area contributed by atoms with E-state index in [0.29, 0.717) is 11.6 Å². The van der Waals surface area contributed by atoms with Gasteiger partial charge in [0.25, 0.3) is 0 Å². The fraction of sp³-hybridized carbons (Fsp3) is 0.364. The molecule has 0 aromatic carbocycles. The summed E-state index contributed by atoms with van der Waals surface area (Å²) in [6.45, 7) is 1.71. The number of rotatable bonds is 5. The van der Waals surface area contributed by atoms with Gasteiger partial charge < -0.3 is 9.88 Å². The summed E-state index contributed by atoms with van der Waals surface area (Å²) in [6.07, 6.45) is 2.82. The number of hydrogen-bond donors (Lipinski definition) is 2. The zero-order valence-corrected chi connectivity index (χ0v) is 12.2. The molecule has 2 heterocycles. The maximum absolute atomic E-state index is 12.2. The van der Waals surface area contributed by atoms with E-state index < -0.39 is 16.1 Å². The highest BCUT2D eigenvalue weighted by Gasteiger charge is 2.21. The third-order valence-electron chi connectivity index (χ3n) is 2.77. The van der Waals surface area contributed by atoms with Crippen LogP contribution in [0.15, 0.2) is 29.6 Å². The average molecular weight is 296 g/mol. The lowest BCUT2D eigenvalue weighted by atomic mass is 10.3. The van der Waals surface area contributed by atoms with Gasteiger partial charge in [0.2, 0.25) is 10.0 Å². The Hall–Kier alpha value is -2.00. The first-order chi connectivity index (χ1) is 9.44. The van der Waals surface area contributed by atoms with Crippen molar-refractivity contribution in [1.82, 2.24) is 24.5 Å². The van der Waals surface area contributed by atoms with Gasteiger partial charge in [0.05, 0.1) is 6.04 Å². The van der Waals surface area contributed by atoms with Crippen LogP contribution in [0.3, 0.4) is 0 Å². The number of aryl methyl sites for hydroxylation is 1. The van der Waals surface area contributed by atoms with Crippen molar-refractivity contribution in [3.05, 3.63) is 30.5 Å². The molecule has 0 saturated carbocycles.